The number of carbonyl (C=O) groups excluding carboxylic acids is 1. The molecular weight excluding hydrogens is 492 g/mol. The molecule has 150 valence electrons. The van der Waals surface area contributed by atoms with Crippen LogP contribution < -0.4 is 15.4 Å². The van der Waals surface area contributed by atoms with Gasteiger partial charge in [-0.15, -0.1) is 0 Å². The minimum Gasteiger partial charge on any atom is -0.487 e. The van der Waals surface area contributed by atoms with Gasteiger partial charge >= 0.3 is 5.97 Å². The molecule has 28 heavy (non-hydrogen) atoms. The lowest BCUT2D eigenvalue weighted by Gasteiger charge is -2.16. The van der Waals surface area contributed by atoms with Crippen LogP contribution in [0, 0.1) is 6.92 Å². The number of aryl methyl sites for hydroxylation is 1. The normalized spacial score (nSPS) is 10.6. The summed E-state index contributed by atoms with van der Waals surface area (Å²) in [5.41, 5.74) is 3.30. The first-order chi connectivity index (χ1) is 13.2. The van der Waals surface area contributed by atoms with E-state index in [4.69, 9.17) is 9.84 Å². The van der Waals surface area contributed by atoms with E-state index in [0.717, 1.165) is 16.8 Å². The molecule has 0 bridgehead atoms. The summed E-state index contributed by atoms with van der Waals surface area (Å²) in [4.78, 5) is 23.1. The number of carbonyl (C=O) groups is 2. The molecule has 2 aromatic rings. The average Bonchev–Trinajstić information content (AvgIpc) is 2.57. The number of amides is 1. The number of aliphatic carboxylic acids is 1. The van der Waals surface area contributed by atoms with Crippen molar-refractivity contribution in [2.75, 3.05) is 11.9 Å². The second-order valence-electron chi connectivity index (χ2n) is 6.64. The van der Waals surface area contributed by atoms with E-state index >= 15 is 0 Å². The molecule has 0 unspecified atom stereocenters. The standard InChI is InChI=1S/C20H22Br2N2O4/c1-11(2)24-15-5-12(3)4-13(6-15)10-28-19-16(7-14(21)8-17(19)22)20(27)23-9-18(25)26/h4-8,11,24H,9-10H2,1-3H3,(H,23,27)(H,25,26). The zero-order valence-corrected chi connectivity index (χ0v) is 19.0. The smallest absolute Gasteiger partial charge is 0.322 e. The second-order valence-corrected chi connectivity index (χ2v) is 8.41. The Hall–Kier alpha value is -2.06. The predicted octanol–water partition coefficient (Wildman–Crippen LogP) is 4.73. The van der Waals surface area contributed by atoms with E-state index in [9.17, 15) is 9.59 Å². The highest BCUT2D eigenvalue weighted by Gasteiger charge is 2.18. The molecule has 1 amide bonds. The number of nitrogens with one attached hydrogen (secondary N) is 2. The quantitative estimate of drug-likeness (QED) is 0.474. The van der Waals surface area contributed by atoms with Crippen molar-refractivity contribution in [3.05, 3.63) is 56.0 Å². The van der Waals surface area contributed by atoms with Crippen molar-refractivity contribution in [3.63, 3.8) is 0 Å². The Morgan fingerprint density at radius 2 is 1.86 bits per heavy atom. The number of halogens is 2. The van der Waals surface area contributed by atoms with E-state index < -0.39 is 18.4 Å². The van der Waals surface area contributed by atoms with Gasteiger partial charge in [0.2, 0.25) is 0 Å². The fraction of sp³-hybridized carbons (Fsp3) is 0.300. The molecular formula is C20H22Br2N2O4. The Balaban J connectivity index is 2.25. The van der Waals surface area contributed by atoms with Gasteiger partial charge in [0.1, 0.15) is 18.9 Å². The molecule has 0 saturated carbocycles. The minimum atomic E-state index is -1.12. The minimum absolute atomic E-state index is 0.246. The van der Waals surface area contributed by atoms with E-state index in [1.165, 1.54) is 0 Å². The lowest BCUT2D eigenvalue weighted by atomic mass is 10.1. The van der Waals surface area contributed by atoms with Gasteiger partial charge in [0.25, 0.3) is 5.91 Å². The molecule has 2 rings (SSSR count). The topological polar surface area (TPSA) is 87.7 Å². The lowest BCUT2D eigenvalue weighted by molar-refractivity contribution is -0.135. The zero-order chi connectivity index (χ0) is 20.8. The maximum Gasteiger partial charge on any atom is 0.322 e. The number of rotatable bonds is 8. The molecule has 0 saturated heterocycles. The fourth-order valence-electron chi connectivity index (χ4n) is 2.64. The summed E-state index contributed by atoms with van der Waals surface area (Å²) in [5, 5.41) is 14.5. The van der Waals surface area contributed by atoms with Crippen LogP contribution in [0.15, 0.2) is 39.3 Å². The number of carboxylic acid groups (broad SMARTS) is 1. The van der Waals surface area contributed by atoms with Crippen molar-refractivity contribution >= 4 is 49.4 Å². The molecule has 0 aliphatic carbocycles. The van der Waals surface area contributed by atoms with Crippen molar-refractivity contribution in [1.29, 1.82) is 0 Å². The Labute approximate surface area is 180 Å². The van der Waals surface area contributed by atoms with Crippen LogP contribution in [-0.4, -0.2) is 29.6 Å². The summed E-state index contributed by atoms with van der Waals surface area (Å²) in [6.45, 7) is 5.94. The summed E-state index contributed by atoms with van der Waals surface area (Å²) >= 11 is 6.76. The van der Waals surface area contributed by atoms with E-state index in [1.54, 1.807) is 12.1 Å². The molecule has 0 aromatic heterocycles. The third-order valence-corrected chi connectivity index (χ3v) is 4.68. The third-order valence-electron chi connectivity index (χ3n) is 3.63. The van der Waals surface area contributed by atoms with Crippen molar-refractivity contribution in [2.24, 2.45) is 0 Å². The van der Waals surface area contributed by atoms with Crippen LogP contribution in [0.2, 0.25) is 0 Å². The number of anilines is 1. The van der Waals surface area contributed by atoms with Gasteiger partial charge in [-0.3, -0.25) is 9.59 Å². The molecule has 0 aliphatic heterocycles. The van der Waals surface area contributed by atoms with Gasteiger partial charge in [-0.1, -0.05) is 22.0 Å². The van der Waals surface area contributed by atoms with Gasteiger partial charge in [-0.2, -0.15) is 0 Å². The van der Waals surface area contributed by atoms with Crippen molar-refractivity contribution in [2.45, 2.75) is 33.4 Å². The molecule has 3 N–H and O–H groups in total. The summed E-state index contributed by atoms with van der Waals surface area (Å²) in [6.07, 6.45) is 0. The molecule has 0 atom stereocenters. The average molecular weight is 514 g/mol. The molecule has 6 nitrogen and oxygen atoms in total. The fourth-order valence-corrected chi connectivity index (χ4v) is 3.98. The van der Waals surface area contributed by atoms with Crippen LogP contribution in [0.3, 0.4) is 0 Å². The molecule has 8 heteroatoms. The monoisotopic (exact) mass is 512 g/mol. The summed E-state index contributed by atoms with van der Waals surface area (Å²) in [5.74, 6) is -1.29. The van der Waals surface area contributed by atoms with Crippen LogP contribution in [0.5, 0.6) is 5.75 Å². The number of hydrogen-bond acceptors (Lipinski definition) is 4. The molecule has 2 aromatic carbocycles. The van der Waals surface area contributed by atoms with Crippen LogP contribution in [0.25, 0.3) is 0 Å². The van der Waals surface area contributed by atoms with Crippen LogP contribution in [0.1, 0.15) is 35.3 Å². The zero-order valence-electron chi connectivity index (χ0n) is 15.8. The van der Waals surface area contributed by atoms with Gasteiger partial charge in [-0.25, -0.2) is 0 Å². The van der Waals surface area contributed by atoms with Crippen molar-refractivity contribution in [1.82, 2.24) is 5.32 Å². The molecule has 0 heterocycles. The highest BCUT2D eigenvalue weighted by Crippen LogP contribution is 2.33. The number of carboxylic acids is 1. The Kier molecular flexibility index (Phi) is 7.88. The van der Waals surface area contributed by atoms with Gasteiger partial charge < -0.3 is 20.5 Å². The van der Waals surface area contributed by atoms with Gasteiger partial charge in [0.05, 0.1) is 10.0 Å². The highest BCUT2D eigenvalue weighted by atomic mass is 79.9. The highest BCUT2D eigenvalue weighted by molar-refractivity contribution is 9.11. The molecule has 0 aliphatic rings. The number of benzene rings is 2. The Morgan fingerprint density at radius 1 is 1.14 bits per heavy atom. The third kappa shape index (κ3) is 6.53. The van der Waals surface area contributed by atoms with E-state index in [1.807, 2.05) is 19.1 Å². The van der Waals surface area contributed by atoms with Crippen molar-refractivity contribution in [3.8, 4) is 5.75 Å². The first-order valence-electron chi connectivity index (χ1n) is 8.64. The largest absolute Gasteiger partial charge is 0.487 e. The second kappa shape index (κ2) is 9.93. The van der Waals surface area contributed by atoms with Crippen LogP contribution in [0.4, 0.5) is 5.69 Å². The summed E-state index contributed by atoms with van der Waals surface area (Å²) < 4.78 is 7.21. The van der Waals surface area contributed by atoms with Gasteiger partial charge in [0, 0.05) is 16.2 Å². The Bertz CT molecular complexity index is 885. The van der Waals surface area contributed by atoms with E-state index in [0.29, 0.717) is 20.7 Å². The first kappa shape index (κ1) is 22.2. The van der Waals surface area contributed by atoms with E-state index in [-0.39, 0.29) is 12.2 Å². The first-order valence-corrected chi connectivity index (χ1v) is 10.2. The van der Waals surface area contributed by atoms with Crippen LogP contribution >= 0.6 is 31.9 Å². The predicted molar refractivity (Wildman–Crippen MR) is 116 cm³/mol. The molecule has 0 spiro atoms. The number of hydrogen-bond donors (Lipinski definition) is 3. The summed E-state index contributed by atoms with van der Waals surface area (Å²) in [7, 11) is 0. The van der Waals surface area contributed by atoms with Gasteiger partial charge in [-0.05, 0) is 72.1 Å². The molecule has 0 fully saturated rings. The van der Waals surface area contributed by atoms with Crippen molar-refractivity contribution < 1.29 is 19.4 Å². The van der Waals surface area contributed by atoms with Gasteiger partial charge in [0.15, 0.2) is 0 Å². The SMILES string of the molecule is Cc1cc(COc2c(Br)cc(Br)cc2C(=O)NCC(=O)O)cc(NC(C)C)c1. The molecule has 0 radical (unpaired) electrons. The maximum atomic E-state index is 12.4. The van der Waals surface area contributed by atoms with Crippen LogP contribution in [-0.2, 0) is 11.4 Å². The lowest BCUT2D eigenvalue weighted by Crippen LogP contribution is -2.29. The maximum absolute atomic E-state index is 12.4. The Morgan fingerprint density at radius 3 is 2.50 bits per heavy atom. The number of ether oxygens (including phenoxy) is 1. The van der Waals surface area contributed by atoms with E-state index in [2.05, 4.69) is 62.4 Å². The summed E-state index contributed by atoms with van der Waals surface area (Å²) in [6, 6.07) is 9.75.